The lowest BCUT2D eigenvalue weighted by atomic mass is 10.1. The standard InChI is InChI=1S/C10H7ClFN3/c11-7-9-4-3-8(6-10(9)12)2-1-5-14-15-13/h3-4,6H,5,7H2. The molecule has 0 saturated heterocycles. The van der Waals surface area contributed by atoms with Crippen molar-refractivity contribution in [3.8, 4) is 11.8 Å². The first-order valence-electron chi connectivity index (χ1n) is 4.12. The lowest BCUT2D eigenvalue weighted by molar-refractivity contribution is 0.616. The van der Waals surface area contributed by atoms with Crippen molar-refractivity contribution in [2.24, 2.45) is 5.11 Å². The molecule has 0 atom stereocenters. The number of azide groups is 1. The minimum atomic E-state index is -0.374. The van der Waals surface area contributed by atoms with Crippen molar-refractivity contribution in [2.75, 3.05) is 6.54 Å². The van der Waals surface area contributed by atoms with Crippen LogP contribution in [0, 0.1) is 17.7 Å². The molecule has 0 amide bonds. The Kier molecular flexibility index (Phi) is 4.49. The Balaban J connectivity index is 2.82. The lowest BCUT2D eigenvalue weighted by Gasteiger charge is -1.97. The molecule has 0 heterocycles. The molecular weight excluding hydrogens is 217 g/mol. The van der Waals surface area contributed by atoms with Crippen molar-refractivity contribution < 1.29 is 4.39 Å². The zero-order chi connectivity index (χ0) is 11.1. The molecule has 0 radical (unpaired) electrons. The van der Waals surface area contributed by atoms with Gasteiger partial charge in [-0.15, -0.1) is 11.6 Å². The highest BCUT2D eigenvalue weighted by Crippen LogP contribution is 2.11. The maximum absolute atomic E-state index is 13.2. The minimum absolute atomic E-state index is 0.0787. The van der Waals surface area contributed by atoms with Gasteiger partial charge in [0.15, 0.2) is 0 Å². The van der Waals surface area contributed by atoms with Crippen LogP contribution in [0.4, 0.5) is 4.39 Å². The lowest BCUT2D eigenvalue weighted by Crippen LogP contribution is -1.87. The molecule has 0 aliphatic rings. The van der Waals surface area contributed by atoms with Gasteiger partial charge in [0, 0.05) is 16.0 Å². The van der Waals surface area contributed by atoms with Crippen LogP contribution < -0.4 is 0 Å². The van der Waals surface area contributed by atoms with Gasteiger partial charge >= 0.3 is 0 Å². The fraction of sp³-hybridized carbons (Fsp3) is 0.200. The van der Waals surface area contributed by atoms with E-state index >= 15 is 0 Å². The predicted molar refractivity (Wildman–Crippen MR) is 56.8 cm³/mol. The average Bonchev–Trinajstić information content (AvgIpc) is 2.25. The van der Waals surface area contributed by atoms with Crippen LogP contribution in [0.1, 0.15) is 11.1 Å². The van der Waals surface area contributed by atoms with E-state index in [-0.39, 0.29) is 18.2 Å². The molecule has 1 rings (SSSR count). The van der Waals surface area contributed by atoms with Crippen LogP contribution >= 0.6 is 11.6 Å². The SMILES string of the molecule is [N-]=[N+]=NCC#Cc1ccc(CCl)c(F)c1. The van der Waals surface area contributed by atoms with Gasteiger partial charge < -0.3 is 0 Å². The normalized spacial score (nSPS) is 8.67. The number of hydrogen-bond acceptors (Lipinski definition) is 1. The summed E-state index contributed by atoms with van der Waals surface area (Å²) in [6.07, 6.45) is 0. The van der Waals surface area contributed by atoms with Gasteiger partial charge in [0.25, 0.3) is 0 Å². The molecule has 15 heavy (non-hydrogen) atoms. The zero-order valence-electron chi connectivity index (χ0n) is 7.74. The molecule has 0 N–H and O–H groups in total. The first-order chi connectivity index (χ1) is 7.27. The molecule has 0 fully saturated rings. The largest absolute Gasteiger partial charge is 0.207 e. The van der Waals surface area contributed by atoms with Crippen molar-refractivity contribution in [1.29, 1.82) is 0 Å². The van der Waals surface area contributed by atoms with Crippen molar-refractivity contribution in [2.45, 2.75) is 5.88 Å². The van der Waals surface area contributed by atoms with Crippen LogP contribution in [0.2, 0.25) is 0 Å². The minimum Gasteiger partial charge on any atom is -0.207 e. The Hall–Kier alpha value is -1.69. The van der Waals surface area contributed by atoms with Gasteiger partial charge in [0.05, 0.1) is 12.4 Å². The van der Waals surface area contributed by atoms with E-state index in [1.54, 1.807) is 12.1 Å². The van der Waals surface area contributed by atoms with Gasteiger partial charge in [0.1, 0.15) is 5.82 Å². The second kappa shape index (κ2) is 5.92. The van der Waals surface area contributed by atoms with Crippen LogP contribution in [0.15, 0.2) is 23.3 Å². The predicted octanol–water partition coefficient (Wildman–Crippen LogP) is 3.23. The Morgan fingerprint density at radius 1 is 1.53 bits per heavy atom. The number of alkyl halides is 1. The molecule has 1 aromatic carbocycles. The van der Waals surface area contributed by atoms with Crippen molar-refractivity contribution in [1.82, 2.24) is 0 Å². The fourth-order valence-electron chi connectivity index (χ4n) is 0.942. The van der Waals surface area contributed by atoms with E-state index in [0.717, 1.165) is 0 Å². The Morgan fingerprint density at radius 2 is 2.33 bits per heavy atom. The maximum atomic E-state index is 13.2. The van der Waals surface area contributed by atoms with E-state index in [4.69, 9.17) is 17.1 Å². The fourth-order valence-corrected chi connectivity index (χ4v) is 1.16. The molecule has 5 heteroatoms. The van der Waals surface area contributed by atoms with Crippen molar-refractivity contribution in [3.05, 3.63) is 45.6 Å². The second-order valence-electron chi connectivity index (χ2n) is 2.63. The van der Waals surface area contributed by atoms with E-state index < -0.39 is 0 Å². The topological polar surface area (TPSA) is 48.8 Å². The van der Waals surface area contributed by atoms with Gasteiger partial charge in [-0.25, -0.2) is 4.39 Å². The summed E-state index contributed by atoms with van der Waals surface area (Å²) in [5, 5.41) is 3.24. The van der Waals surface area contributed by atoms with Gasteiger partial charge in [-0.05, 0) is 17.7 Å². The molecule has 0 unspecified atom stereocenters. The van der Waals surface area contributed by atoms with Crippen molar-refractivity contribution in [3.63, 3.8) is 0 Å². The summed E-state index contributed by atoms with van der Waals surface area (Å²) >= 11 is 5.50. The van der Waals surface area contributed by atoms with Gasteiger partial charge in [-0.3, -0.25) is 0 Å². The summed E-state index contributed by atoms with van der Waals surface area (Å²) < 4.78 is 13.2. The maximum Gasteiger partial charge on any atom is 0.128 e. The molecule has 3 nitrogen and oxygen atoms in total. The Morgan fingerprint density at radius 3 is 2.93 bits per heavy atom. The summed E-state index contributed by atoms with van der Waals surface area (Å²) in [7, 11) is 0. The van der Waals surface area contributed by atoms with Crippen LogP contribution in [0.25, 0.3) is 10.4 Å². The highest BCUT2D eigenvalue weighted by atomic mass is 35.5. The van der Waals surface area contributed by atoms with E-state index in [2.05, 4.69) is 21.9 Å². The van der Waals surface area contributed by atoms with Crippen molar-refractivity contribution >= 4 is 11.6 Å². The van der Waals surface area contributed by atoms with E-state index in [1.165, 1.54) is 6.07 Å². The summed E-state index contributed by atoms with van der Waals surface area (Å²) in [5.41, 5.74) is 8.97. The first kappa shape index (κ1) is 11.4. The highest BCUT2D eigenvalue weighted by Gasteiger charge is 2.00. The molecular formula is C10H7ClFN3. The molecule has 0 spiro atoms. The second-order valence-corrected chi connectivity index (χ2v) is 2.90. The van der Waals surface area contributed by atoms with Crippen LogP contribution in [-0.2, 0) is 5.88 Å². The molecule has 76 valence electrons. The molecule has 0 saturated carbocycles. The molecule has 0 aliphatic heterocycles. The zero-order valence-corrected chi connectivity index (χ0v) is 8.50. The Labute approximate surface area is 91.5 Å². The monoisotopic (exact) mass is 223 g/mol. The third kappa shape index (κ3) is 3.51. The molecule has 1 aromatic rings. The molecule has 0 aromatic heterocycles. The van der Waals surface area contributed by atoms with Crippen LogP contribution in [0.5, 0.6) is 0 Å². The van der Waals surface area contributed by atoms with Gasteiger partial charge in [0.2, 0.25) is 0 Å². The number of benzene rings is 1. The first-order valence-corrected chi connectivity index (χ1v) is 4.65. The summed E-state index contributed by atoms with van der Waals surface area (Å²) in [4.78, 5) is 2.54. The number of rotatable bonds is 2. The third-order valence-electron chi connectivity index (χ3n) is 1.64. The van der Waals surface area contributed by atoms with E-state index in [0.29, 0.717) is 11.1 Å². The highest BCUT2D eigenvalue weighted by molar-refractivity contribution is 6.17. The summed E-state index contributed by atoms with van der Waals surface area (Å²) in [6.45, 7) is 0.0787. The summed E-state index contributed by atoms with van der Waals surface area (Å²) in [5.74, 6) is 5.03. The average molecular weight is 224 g/mol. The van der Waals surface area contributed by atoms with E-state index in [1.807, 2.05) is 0 Å². The Bertz CT molecular complexity index is 455. The number of hydrogen-bond donors (Lipinski definition) is 0. The van der Waals surface area contributed by atoms with E-state index in [9.17, 15) is 4.39 Å². The smallest absolute Gasteiger partial charge is 0.128 e. The van der Waals surface area contributed by atoms with Gasteiger partial charge in [-0.2, -0.15) is 0 Å². The molecule has 0 aliphatic carbocycles. The third-order valence-corrected chi connectivity index (χ3v) is 1.93. The quantitative estimate of drug-likeness (QED) is 0.243. The van der Waals surface area contributed by atoms with Gasteiger partial charge in [-0.1, -0.05) is 23.0 Å². The van der Waals surface area contributed by atoms with Crippen LogP contribution in [-0.4, -0.2) is 6.54 Å². The molecule has 0 bridgehead atoms. The number of halogens is 2. The summed E-state index contributed by atoms with van der Waals surface area (Å²) in [6, 6.07) is 4.56. The van der Waals surface area contributed by atoms with Crippen LogP contribution in [0.3, 0.4) is 0 Å². The number of nitrogens with zero attached hydrogens (tertiary/aromatic N) is 3.